The van der Waals surface area contributed by atoms with Crippen LogP contribution < -0.4 is 4.74 Å². The average Bonchev–Trinajstić information content (AvgIpc) is 2.30. The fraction of sp³-hybridized carbons (Fsp3) is 0.417. The van der Waals surface area contributed by atoms with Gasteiger partial charge in [0.1, 0.15) is 11.5 Å². The lowest BCUT2D eigenvalue weighted by Gasteiger charge is -2.07. The first kappa shape index (κ1) is 13.5. The molecule has 1 aromatic carbocycles. The van der Waals surface area contributed by atoms with Gasteiger partial charge in [0.15, 0.2) is 6.29 Å². The van der Waals surface area contributed by atoms with Crippen LogP contribution in [0.15, 0.2) is 12.1 Å². The van der Waals surface area contributed by atoms with Gasteiger partial charge in [-0.05, 0) is 18.1 Å². The Hall–Kier alpha value is -1.51. The minimum Gasteiger partial charge on any atom is -0.507 e. The molecule has 0 radical (unpaired) electrons. The molecule has 0 aliphatic rings. The van der Waals surface area contributed by atoms with Crippen molar-refractivity contribution in [3.63, 3.8) is 0 Å². The number of aromatic hydroxyl groups is 1. The van der Waals surface area contributed by atoms with Crippen molar-refractivity contribution < 1.29 is 14.6 Å². The number of hydrogen-bond donors (Lipinski definition) is 1. The monoisotopic (exact) mass is 210 g/mol. The first-order chi connectivity index (χ1) is 7.22. The molecule has 0 fully saturated rings. The maximum Gasteiger partial charge on any atom is 0.154 e. The van der Waals surface area contributed by atoms with Crippen LogP contribution in [-0.4, -0.2) is 18.5 Å². The lowest BCUT2D eigenvalue weighted by molar-refractivity contribution is 0.112. The smallest absolute Gasteiger partial charge is 0.154 e. The molecule has 15 heavy (non-hydrogen) atoms. The van der Waals surface area contributed by atoms with Gasteiger partial charge in [-0.3, -0.25) is 4.79 Å². The number of aldehydes is 1. The molecule has 0 heterocycles. The predicted molar refractivity (Wildman–Crippen MR) is 60.8 cm³/mol. The zero-order valence-corrected chi connectivity index (χ0v) is 9.70. The topological polar surface area (TPSA) is 46.5 Å². The van der Waals surface area contributed by atoms with Gasteiger partial charge in [0.05, 0.1) is 12.7 Å². The number of benzene rings is 1. The van der Waals surface area contributed by atoms with Gasteiger partial charge >= 0.3 is 0 Å². The van der Waals surface area contributed by atoms with E-state index in [0.717, 1.165) is 5.56 Å². The first-order valence-electron chi connectivity index (χ1n) is 5.08. The molecule has 0 aliphatic heterocycles. The predicted octanol–water partition coefficient (Wildman–Crippen LogP) is 2.80. The van der Waals surface area contributed by atoms with E-state index in [9.17, 15) is 9.90 Å². The molecule has 1 N–H and O–H groups in total. The van der Waals surface area contributed by atoms with Crippen LogP contribution in [0.1, 0.15) is 36.7 Å². The van der Waals surface area contributed by atoms with Crippen molar-refractivity contribution >= 4 is 6.29 Å². The second kappa shape index (κ2) is 6.87. The third kappa shape index (κ3) is 3.27. The molecule has 0 atom stereocenters. The number of ether oxygens (including phenoxy) is 1. The molecule has 84 valence electrons. The summed E-state index contributed by atoms with van der Waals surface area (Å²) in [5.41, 5.74) is 1.15. The highest BCUT2D eigenvalue weighted by atomic mass is 16.5. The summed E-state index contributed by atoms with van der Waals surface area (Å²) in [4.78, 5) is 10.6. The quantitative estimate of drug-likeness (QED) is 0.780. The van der Waals surface area contributed by atoms with E-state index in [-0.39, 0.29) is 5.75 Å². The number of carbonyl (C=O) groups is 1. The van der Waals surface area contributed by atoms with Gasteiger partial charge in [0, 0.05) is 6.07 Å². The van der Waals surface area contributed by atoms with Gasteiger partial charge in [0.2, 0.25) is 0 Å². The molecule has 1 aromatic rings. The van der Waals surface area contributed by atoms with E-state index < -0.39 is 0 Å². The van der Waals surface area contributed by atoms with Crippen molar-refractivity contribution in [2.45, 2.75) is 27.2 Å². The normalized spacial score (nSPS) is 8.80. The zero-order chi connectivity index (χ0) is 11.8. The number of hydrogen-bond acceptors (Lipinski definition) is 3. The second-order valence-corrected chi connectivity index (χ2v) is 2.69. The SMILES string of the molecule is CC.CCc1cc(OC)cc(O)c1C=O. The summed E-state index contributed by atoms with van der Waals surface area (Å²) in [5, 5.41) is 9.42. The highest BCUT2D eigenvalue weighted by Gasteiger charge is 2.08. The maximum absolute atomic E-state index is 10.6. The van der Waals surface area contributed by atoms with Crippen molar-refractivity contribution in [1.29, 1.82) is 0 Å². The maximum atomic E-state index is 10.6. The molecule has 0 spiro atoms. The number of aryl methyl sites for hydroxylation is 1. The van der Waals surface area contributed by atoms with E-state index in [1.54, 1.807) is 6.07 Å². The van der Waals surface area contributed by atoms with Crippen molar-refractivity contribution in [1.82, 2.24) is 0 Å². The van der Waals surface area contributed by atoms with E-state index in [2.05, 4.69) is 0 Å². The standard InChI is InChI=1S/C10H12O3.C2H6/c1-3-7-4-8(13-2)5-10(12)9(7)6-11;1-2/h4-6,12H,3H2,1-2H3;1-2H3. The molecule has 0 aromatic heterocycles. The Morgan fingerprint density at radius 3 is 2.40 bits per heavy atom. The number of phenols is 1. The van der Waals surface area contributed by atoms with Gasteiger partial charge in [-0.25, -0.2) is 0 Å². The first-order valence-corrected chi connectivity index (χ1v) is 5.08. The lowest BCUT2D eigenvalue weighted by atomic mass is 10.0. The number of phenolic OH excluding ortho intramolecular Hbond substituents is 1. The van der Waals surface area contributed by atoms with Gasteiger partial charge < -0.3 is 9.84 Å². The molecule has 3 heteroatoms. The minimum absolute atomic E-state index is 0.0220. The van der Waals surface area contributed by atoms with Crippen LogP contribution in [0.25, 0.3) is 0 Å². The fourth-order valence-electron chi connectivity index (χ4n) is 1.21. The third-order valence-corrected chi connectivity index (χ3v) is 1.95. The van der Waals surface area contributed by atoms with Crippen molar-refractivity contribution in [2.75, 3.05) is 7.11 Å². The number of carbonyl (C=O) groups excluding carboxylic acids is 1. The molecular weight excluding hydrogens is 192 g/mol. The van der Waals surface area contributed by atoms with E-state index in [0.29, 0.717) is 24.0 Å². The molecule has 0 saturated carbocycles. The van der Waals surface area contributed by atoms with Gasteiger partial charge in [-0.2, -0.15) is 0 Å². The van der Waals surface area contributed by atoms with Crippen LogP contribution in [0.5, 0.6) is 11.5 Å². The molecular formula is C12H18O3. The third-order valence-electron chi connectivity index (χ3n) is 1.95. The largest absolute Gasteiger partial charge is 0.507 e. The summed E-state index contributed by atoms with van der Waals surface area (Å²) in [6.07, 6.45) is 1.35. The van der Waals surface area contributed by atoms with E-state index in [1.807, 2.05) is 20.8 Å². The summed E-state index contributed by atoms with van der Waals surface area (Å²) < 4.78 is 4.96. The van der Waals surface area contributed by atoms with Crippen molar-refractivity contribution in [2.24, 2.45) is 0 Å². The number of methoxy groups -OCH3 is 1. The fourth-order valence-corrected chi connectivity index (χ4v) is 1.21. The van der Waals surface area contributed by atoms with Crippen molar-refractivity contribution in [3.05, 3.63) is 23.3 Å². The van der Waals surface area contributed by atoms with Gasteiger partial charge in [0.25, 0.3) is 0 Å². The summed E-state index contributed by atoms with van der Waals surface area (Å²) >= 11 is 0. The Balaban J connectivity index is 0.000000921. The Morgan fingerprint density at radius 1 is 1.40 bits per heavy atom. The van der Waals surface area contributed by atoms with Gasteiger partial charge in [-0.1, -0.05) is 20.8 Å². The van der Waals surface area contributed by atoms with Crippen LogP contribution in [0.4, 0.5) is 0 Å². The second-order valence-electron chi connectivity index (χ2n) is 2.69. The molecule has 1 rings (SSSR count). The van der Waals surface area contributed by atoms with Crippen molar-refractivity contribution in [3.8, 4) is 11.5 Å². The lowest BCUT2D eigenvalue weighted by Crippen LogP contribution is -1.93. The van der Waals surface area contributed by atoms with Gasteiger partial charge in [-0.15, -0.1) is 0 Å². The molecule has 3 nitrogen and oxygen atoms in total. The Morgan fingerprint density at radius 2 is 2.00 bits per heavy atom. The highest BCUT2D eigenvalue weighted by Crippen LogP contribution is 2.26. The summed E-state index contributed by atoms with van der Waals surface area (Å²) in [7, 11) is 1.52. The minimum atomic E-state index is -0.0220. The molecule has 0 amide bonds. The summed E-state index contributed by atoms with van der Waals surface area (Å²) in [5.74, 6) is 0.547. The average molecular weight is 210 g/mol. The zero-order valence-electron chi connectivity index (χ0n) is 9.70. The Bertz CT molecular complexity index is 319. The highest BCUT2D eigenvalue weighted by molar-refractivity contribution is 5.82. The Labute approximate surface area is 90.7 Å². The summed E-state index contributed by atoms with van der Waals surface area (Å²) in [6.45, 7) is 5.92. The van der Waals surface area contributed by atoms with E-state index in [1.165, 1.54) is 13.2 Å². The molecule has 0 unspecified atom stereocenters. The molecule has 0 aliphatic carbocycles. The van der Waals surface area contributed by atoms with E-state index in [4.69, 9.17) is 4.74 Å². The van der Waals surface area contributed by atoms with Crippen LogP contribution in [0, 0.1) is 0 Å². The summed E-state index contributed by atoms with van der Waals surface area (Å²) in [6, 6.07) is 3.19. The van der Waals surface area contributed by atoms with Crippen LogP contribution >= 0.6 is 0 Å². The van der Waals surface area contributed by atoms with Crippen LogP contribution in [-0.2, 0) is 6.42 Å². The van der Waals surface area contributed by atoms with Crippen LogP contribution in [0.2, 0.25) is 0 Å². The van der Waals surface area contributed by atoms with Crippen LogP contribution in [0.3, 0.4) is 0 Å². The Kier molecular flexibility index (Phi) is 6.18. The molecule has 0 bridgehead atoms. The number of rotatable bonds is 3. The van der Waals surface area contributed by atoms with E-state index >= 15 is 0 Å². The molecule has 0 saturated heterocycles.